The maximum Gasteiger partial charge on any atom is 0.124 e. The van der Waals surface area contributed by atoms with Gasteiger partial charge in [0, 0.05) is 30.2 Å². The maximum absolute atomic E-state index is 9.25. The van der Waals surface area contributed by atoms with Gasteiger partial charge < -0.3 is 19.9 Å². The van der Waals surface area contributed by atoms with E-state index in [4.69, 9.17) is 9.47 Å². The number of rotatable bonds is 4. The van der Waals surface area contributed by atoms with Crippen LogP contribution < -0.4 is 14.8 Å². The van der Waals surface area contributed by atoms with Gasteiger partial charge in [0.15, 0.2) is 0 Å². The molecule has 2 aliphatic rings. The fourth-order valence-electron chi connectivity index (χ4n) is 3.15. The number of fused-ring (bicyclic) bond motifs is 1. The van der Waals surface area contributed by atoms with Gasteiger partial charge in [0.2, 0.25) is 0 Å². The number of hydrogen-bond donors (Lipinski definition) is 2. The second kappa shape index (κ2) is 6.50. The average Bonchev–Trinajstić information content (AvgIpc) is 2.88. The Kier molecular flexibility index (Phi) is 4.46. The van der Waals surface area contributed by atoms with Crippen LogP contribution in [0.2, 0.25) is 0 Å². The Morgan fingerprint density at radius 1 is 1.38 bits per heavy atom. The van der Waals surface area contributed by atoms with E-state index in [0.717, 1.165) is 37.4 Å². The van der Waals surface area contributed by atoms with Crippen molar-refractivity contribution in [2.45, 2.75) is 31.3 Å². The van der Waals surface area contributed by atoms with Gasteiger partial charge in [-0.25, -0.2) is 0 Å². The molecular formula is C17H23NO3. The Morgan fingerprint density at radius 2 is 2.29 bits per heavy atom. The van der Waals surface area contributed by atoms with Gasteiger partial charge >= 0.3 is 0 Å². The van der Waals surface area contributed by atoms with Gasteiger partial charge in [-0.2, -0.15) is 0 Å². The molecule has 0 spiro atoms. The van der Waals surface area contributed by atoms with E-state index in [1.807, 2.05) is 12.1 Å². The Balaban J connectivity index is 1.78. The first-order valence-electron chi connectivity index (χ1n) is 7.66. The van der Waals surface area contributed by atoms with Crippen molar-refractivity contribution >= 4 is 0 Å². The predicted molar refractivity (Wildman–Crippen MR) is 81.7 cm³/mol. The lowest BCUT2D eigenvalue weighted by Gasteiger charge is -2.23. The second-order valence-corrected chi connectivity index (χ2v) is 5.78. The summed E-state index contributed by atoms with van der Waals surface area (Å²) in [4.78, 5) is 0. The molecule has 3 rings (SSSR count). The van der Waals surface area contributed by atoms with Crippen molar-refractivity contribution in [1.82, 2.24) is 5.32 Å². The molecule has 0 saturated heterocycles. The van der Waals surface area contributed by atoms with Crippen molar-refractivity contribution in [3.63, 3.8) is 0 Å². The molecule has 0 bridgehead atoms. The highest BCUT2D eigenvalue weighted by atomic mass is 16.5. The number of nitrogens with one attached hydrogen (secondary N) is 1. The van der Waals surface area contributed by atoms with E-state index in [1.165, 1.54) is 5.56 Å². The Bertz CT molecular complexity index is 515. The third kappa shape index (κ3) is 3.22. The number of aliphatic hydroxyl groups is 1. The van der Waals surface area contributed by atoms with E-state index >= 15 is 0 Å². The molecule has 1 aromatic carbocycles. The standard InChI is InChI=1S/C17H23NO3/c1-20-14-6-7-17-15(10-14)16(3-2-8-21-17)18-13-5-4-12(9-13)11-19/h4-7,10,12-13,16,18-19H,2-3,8-9,11H2,1H3/t12-,13+,16-/m0/s1. The van der Waals surface area contributed by atoms with Gasteiger partial charge in [-0.3, -0.25) is 0 Å². The van der Waals surface area contributed by atoms with Gasteiger partial charge in [0.25, 0.3) is 0 Å². The van der Waals surface area contributed by atoms with Crippen LogP contribution >= 0.6 is 0 Å². The van der Waals surface area contributed by atoms with Gasteiger partial charge in [-0.05, 0) is 37.5 Å². The molecule has 114 valence electrons. The van der Waals surface area contributed by atoms with Crippen molar-refractivity contribution < 1.29 is 14.6 Å². The molecule has 0 fully saturated rings. The summed E-state index contributed by atoms with van der Waals surface area (Å²) in [6.45, 7) is 0.990. The SMILES string of the molecule is COc1ccc2c(c1)[C@@H](N[C@@H]1C=C[C@H](CO)C1)CCCO2. The van der Waals surface area contributed by atoms with Crippen LogP contribution in [-0.2, 0) is 0 Å². The Labute approximate surface area is 125 Å². The van der Waals surface area contributed by atoms with Gasteiger partial charge in [-0.1, -0.05) is 12.2 Å². The van der Waals surface area contributed by atoms with Crippen LogP contribution in [0, 0.1) is 5.92 Å². The van der Waals surface area contributed by atoms with Crippen molar-refractivity contribution in [2.75, 3.05) is 20.3 Å². The molecule has 4 heteroatoms. The molecule has 0 radical (unpaired) electrons. The number of methoxy groups -OCH3 is 1. The number of hydrogen-bond acceptors (Lipinski definition) is 4. The summed E-state index contributed by atoms with van der Waals surface area (Å²) in [5.74, 6) is 2.10. The van der Waals surface area contributed by atoms with Gasteiger partial charge in [0.05, 0.1) is 13.7 Å². The molecule has 1 aromatic rings. The van der Waals surface area contributed by atoms with Gasteiger partial charge in [-0.15, -0.1) is 0 Å². The molecule has 21 heavy (non-hydrogen) atoms. The molecule has 3 atom stereocenters. The largest absolute Gasteiger partial charge is 0.497 e. The molecular weight excluding hydrogens is 266 g/mol. The fourth-order valence-corrected chi connectivity index (χ4v) is 3.15. The minimum atomic E-state index is 0.229. The minimum Gasteiger partial charge on any atom is -0.497 e. The van der Waals surface area contributed by atoms with E-state index in [1.54, 1.807) is 7.11 Å². The molecule has 2 N–H and O–H groups in total. The Hall–Kier alpha value is -1.52. The van der Waals surface area contributed by atoms with Crippen molar-refractivity contribution in [3.05, 3.63) is 35.9 Å². The highest BCUT2D eigenvalue weighted by Crippen LogP contribution is 2.35. The minimum absolute atomic E-state index is 0.229. The smallest absolute Gasteiger partial charge is 0.124 e. The van der Waals surface area contributed by atoms with E-state index in [9.17, 15) is 5.11 Å². The summed E-state index contributed by atoms with van der Waals surface area (Å²) in [6, 6.07) is 6.60. The topological polar surface area (TPSA) is 50.7 Å². The summed E-state index contributed by atoms with van der Waals surface area (Å²) in [5.41, 5.74) is 1.17. The van der Waals surface area contributed by atoms with E-state index in [2.05, 4.69) is 23.5 Å². The number of ether oxygens (including phenoxy) is 2. The van der Waals surface area contributed by atoms with Crippen LogP contribution in [0.3, 0.4) is 0 Å². The summed E-state index contributed by atoms with van der Waals surface area (Å²) in [6.07, 6.45) is 7.33. The number of aliphatic hydroxyl groups excluding tert-OH is 1. The fraction of sp³-hybridized carbons (Fsp3) is 0.529. The molecule has 4 nitrogen and oxygen atoms in total. The first-order valence-corrected chi connectivity index (χ1v) is 7.66. The van der Waals surface area contributed by atoms with Crippen LogP contribution in [-0.4, -0.2) is 31.5 Å². The van der Waals surface area contributed by atoms with E-state index in [-0.39, 0.29) is 18.6 Å². The first kappa shape index (κ1) is 14.4. The highest BCUT2D eigenvalue weighted by molar-refractivity contribution is 5.43. The number of benzene rings is 1. The monoisotopic (exact) mass is 289 g/mol. The molecule has 0 saturated carbocycles. The van der Waals surface area contributed by atoms with E-state index < -0.39 is 0 Å². The predicted octanol–water partition coefficient (Wildman–Crippen LogP) is 2.44. The summed E-state index contributed by atoms with van der Waals surface area (Å²) in [7, 11) is 1.69. The van der Waals surface area contributed by atoms with Crippen LogP contribution in [0.25, 0.3) is 0 Å². The normalized spacial score (nSPS) is 27.8. The zero-order valence-corrected chi connectivity index (χ0v) is 12.4. The van der Waals surface area contributed by atoms with Crippen molar-refractivity contribution in [1.29, 1.82) is 0 Å². The molecule has 1 aliphatic carbocycles. The maximum atomic E-state index is 9.25. The quantitative estimate of drug-likeness (QED) is 0.836. The third-order valence-corrected chi connectivity index (χ3v) is 4.31. The lowest BCUT2D eigenvalue weighted by molar-refractivity contribution is 0.244. The lowest BCUT2D eigenvalue weighted by atomic mass is 10.00. The van der Waals surface area contributed by atoms with Crippen LogP contribution in [0.15, 0.2) is 30.4 Å². The van der Waals surface area contributed by atoms with E-state index in [0.29, 0.717) is 6.04 Å². The van der Waals surface area contributed by atoms with Crippen molar-refractivity contribution in [3.8, 4) is 11.5 Å². The second-order valence-electron chi connectivity index (χ2n) is 5.78. The zero-order valence-electron chi connectivity index (χ0n) is 12.4. The van der Waals surface area contributed by atoms with Crippen LogP contribution in [0.5, 0.6) is 11.5 Å². The first-order chi connectivity index (χ1) is 10.3. The highest BCUT2D eigenvalue weighted by Gasteiger charge is 2.25. The Morgan fingerprint density at radius 3 is 3.05 bits per heavy atom. The molecule has 1 heterocycles. The molecule has 0 unspecified atom stereocenters. The zero-order chi connectivity index (χ0) is 14.7. The van der Waals surface area contributed by atoms with Crippen LogP contribution in [0.1, 0.15) is 30.9 Å². The summed E-state index contributed by atoms with van der Waals surface area (Å²) < 4.78 is 11.2. The lowest BCUT2D eigenvalue weighted by Crippen LogP contribution is -2.31. The van der Waals surface area contributed by atoms with Crippen LogP contribution in [0.4, 0.5) is 0 Å². The summed E-state index contributed by atoms with van der Waals surface area (Å²) in [5, 5.41) is 12.9. The third-order valence-electron chi connectivity index (χ3n) is 4.31. The summed E-state index contributed by atoms with van der Waals surface area (Å²) >= 11 is 0. The van der Waals surface area contributed by atoms with Gasteiger partial charge in [0.1, 0.15) is 11.5 Å². The van der Waals surface area contributed by atoms with Crippen molar-refractivity contribution in [2.24, 2.45) is 5.92 Å². The molecule has 0 aromatic heterocycles. The molecule has 1 aliphatic heterocycles. The average molecular weight is 289 g/mol. The molecule has 0 amide bonds.